The highest BCUT2D eigenvalue weighted by Crippen LogP contribution is 2.35. The summed E-state index contributed by atoms with van der Waals surface area (Å²) in [5, 5.41) is 9.10. The van der Waals surface area contributed by atoms with Gasteiger partial charge in [0.15, 0.2) is 0 Å². The fourth-order valence-electron chi connectivity index (χ4n) is 4.30. The molecule has 1 aliphatic carbocycles. The van der Waals surface area contributed by atoms with E-state index in [2.05, 4.69) is 44.6 Å². The zero-order valence-corrected chi connectivity index (χ0v) is 16.1. The molecule has 2 unspecified atom stereocenters. The Morgan fingerprint density at radius 1 is 1.23 bits per heavy atom. The summed E-state index contributed by atoms with van der Waals surface area (Å²) in [6.07, 6.45) is 6.55. The van der Waals surface area contributed by atoms with Crippen molar-refractivity contribution >= 4 is 5.95 Å². The summed E-state index contributed by atoms with van der Waals surface area (Å²) in [4.78, 5) is 6.76. The quantitative estimate of drug-likeness (QED) is 0.797. The van der Waals surface area contributed by atoms with Gasteiger partial charge in [-0.2, -0.15) is 0 Å². The first-order valence-corrected chi connectivity index (χ1v) is 9.70. The van der Waals surface area contributed by atoms with Crippen LogP contribution in [0.25, 0.3) is 0 Å². The van der Waals surface area contributed by atoms with E-state index in [0.717, 1.165) is 49.4 Å². The largest absolute Gasteiger partial charge is 0.375 e. The maximum absolute atomic E-state index is 5.61. The van der Waals surface area contributed by atoms with Crippen LogP contribution in [-0.4, -0.2) is 45.5 Å². The fourth-order valence-corrected chi connectivity index (χ4v) is 4.30. The first-order valence-electron chi connectivity index (χ1n) is 9.70. The molecule has 140 valence electrons. The summed E-state index contributed by atoms with van der Waals surface area (Å²) in [5.74, 6) is 3.49. The summed E-state index contributed by atoms with van der Waals surface area (Å²) in [7, 11) is 1.79. The van der Waals surface area contributed by atoms with Gasteiger partial charge in [0.05, 0.1) is 19.5 Å². The summed E-state index contributed by atoms with van der Waals surface area (Å²) >= 11 is 0. The van der Waals surface area contributed by atoms with Gasteiger partial charge in [0.2, 0.25) is 5.95 Å². The molecule has 2 fully saturated rings. The Morgan fingerprint density at radius 2 is 2.08 bits per heavy atom. The third-order valence-electron chi connectivity index (χ3n) is 6.16. The third kappa shape index (κ3) is 3.34. The number of anilines is 1. The molecule has 0 N–H and O–H groups in total. The Labute approximate surface area is 155 Å². The van der Waals surface area contributed by atoms with Crippen LogP contribution in [0.2, 0.25) is 0 Å². The van der Waals surface area contributed by atoms with Crippen LogP contribution in [0, 0.1) is 11.8 Å². The molecule has 2 aromatic heterocycles. The standard InChI is InChI=1S/C20H29N5O/c1-15-7-6-8-16(15)12-25-18(11-17-9-4-5-10-21-17)22-23-19(25)24-13-20(2,14-24)26-3/h4-5,9-10,15-16H,6-8,11-14H2,1-3H3. The van der Waals surface area contributed by atoms with E-state index >= 15 is 0 Å². The molecule has 2 atom stereocenters. The Hall–Kier alpha value is -1.95. The van der Waals surface area contributed by atoms with Gasteiger partial charge in [0.1, 0.15) is 11.4 Å². The smallest absolute Gasteiger partial charge is 0.227 e. The molecule has 6 heteroatoms. The van der Waals surface area contributed by atoms with Gasteiger partial charge in [-0.3, -0.25) is 9.55 Å². The van der Waals surface area contributed by atoms with Gasteiger partial charge in [-0.15, -0.1) is 10.2 Å². The average Bonchev–Trinajstić information content (AvgIpc) is 3.20. The van der Waals surface area contributed by atoms with Crippen LogP contribution in [0.1, 0.15) is 44.6 Å². The zero-order valence-electron chi connectivity index (χ0n) is 16.1. The summed E-state index contributed by atoms with van der Waals surface area (Å²) in [5.41, 5.74) is 0.969. The number of pyridine rings is 1. The van der Waals surface area contributed by atoms with Crippen molar-refractivity contribution in [2.75, 3.05) is 25.1 Å². The second-order valence-corrected chi connectivity index (χ2v) is 8.20. The van der Waals surface area contributed by atoms with Crippen LogP contribution < -0.4 is 4.90 Å². The van der Waals surface area contributed by atoms with Crippen LogP contribution in [0.4, 0.5) is 5.95 Å². The van der Waals surface area contributed by atoms with E-state index in [0.29, 0.717) is 5.92 Å². The van der Waals surface area contributed by atoms with Crippen molar-refractivity contribution in [1.82, 2.24) is 19.7 Å². The highest BCUT2D eigenvalue weighted by molar-refractivity contribution is 5.39. The second kappa shape index (κ2) is 6.99. The van der Waals surface area contributed by atoms with E-state index < -0.39 is 0 Å². The maximum Gasteiger partial charge on any atom is 0.227 e. The number of hydrogen-bond donors (Lipinski definition) is 0. The molecule has 3 heterocycles. The predicted molar refractivity (Wildman–Crippen MR) is 101 cm³/mol. The van der Waals surface area contributed by atoms with Crippen LogP contribution in [0.3, 0.4) is 0 Å². The van der Waals surface area contributed by atoms with Gasteiger partial charge in [-0.25, -0.2) is 0 Å². The van der Waals surface area contributed by atoms with E-state index in [-0.39, 0.29) is 5.60 Å². The Bertz CT molecular complexity index is 738. The summed E-state index contributed by atoms with van der Waals surface area (Å²) < 4.78 is 7.95. The molecule has 1 aliphatic heterocycles. The van der Waals surface area contributed by atoms with Crippen molar-refractivity contribution in [2.45, 2.75) is 51.7 Å². The molecule has 2 aliphatic rings. The fraction of sp³-hybridized carbons (Fsp3) is 0.650. The second-order valence-electron chi connectivity index (χ2n) is 8.20. The minimum absolute atomic E-state index is 0.0709. The van der Waals surface area contributed by atoms with Crippen LogP contribution >= 0.6 is 0 Å². The molecule has 0 bridgehead atoms. The van der Waals surface area contributed by atoms with Gasteiger partial charge in [-0.05, 0) is 37.3 Å². The van der Waals surface area contributed by atoms with E-state index in [1.807, 2.05) is 18.3 Å². The number of ether oxygens (including phenoxy) is 1. The number of rotatable bonds is 6. The minimum atomic E-state index is -0.0709. The summed E-state index contributed by atoms with van der Waals surface area (Å²) in [6.45, 7) is 7.27. The van der Waals surface area contributed by atoms with Crippen molar-refractivity contribution in [3.63, 3.8) is 0 Å². The lowest BCUT2D eigenvalue weighted by atomic mass is 9.96. The number of aromatic nitrogens is 4. The molecule has 0 spiro atoms. The molecule has 6 nitrogen and oxygen atoms in total. The molecule has 1 saturated heterocycles. The molecule has 1 saturated carbocycles. The SMILES string of the molecule is COC1(C)CN(c2nnc(Cc3ccccn3)n2CC2CCCC2C)C1. The predicted octanol–water partition coefficient (Wildman–Crippen LogP) is 2.93. The number of methoxy groups -OCH3 is 1. The first-order chi connectivity index (χ1) is 12.6. The normalized spacial score (nSPS) is 24.7. The molecule has 0 amide bonds. The van der Waals surface area contributed by atoms with Crippen LogP contribution in [0.5, 0.6) is 0 Å². The lowest BCUT2D eigenvalue weighted by molar-refractivity contribution is -0.0179. The van der Waals surface area contributed by atoms with Crippen molar-refractivity contribution in [3.8, 4) is 0 Å². The molecule has 26 heavy (non-hydrogen) atoms. The zero-order chi connectivity index (χ0) is 18.1. The topological polar surface area (TPSA) is 56.1 Å². The van der Waals surface area contributed by atoms with Crippen LogP contribution in [-0.2, 0) is 17.7 Å². The first kappa shape index (κ1) is 17.5. The molecule has 0 radical (unpaired) electrons. The Morgan fingerprint density at radius 3 is 2.73 bits per heavy atom. The van der Waals surface area contributed by atoms with Gasteiger partial charge in [-0.1, -0.05) is 25.8 Å². The number of nitrogens with zero attached hydrogens (tertiary/aromatic N) is 5. The monoisotopic (exact) mass is 355 g/mol. The lowest BCUT2D eigenvalue weighted by Gasteiger charge is -2.47. The van der Waals surface area contributed by atoms with Crippen molar-refractivity contribution in [1.29, 1.82) is 0 Å². The maximum atomic E-state index is 5.61. The van der Waals surface area contributed by atoms with E-state index in [1.165, 1.54) is 19.3 Å². The molecule has 2 aromatic rings. The molecular weight excluding hydrogens is 326 g/mol. The highest BCUT2D eigenvalue weighted by Gasteiger charge is 2.41. The van der Waals surface area contributed by atoms with E-state index in [4.69, 9.17) is 4.74 Å². The van der Waals surface area contributed by atoms with Gasteiger partial charge in [0, 0.05) is 25.5 Å². The van der Waals surface area contributed by atoms with Crippen molar-refractivity contribution < 1.29 is 4.74 Å². The van der Waals surface area contributed by atoms with Crippen molar-refractivity contribution in [2.24, 2.45) is 11.8 Å². The summed E-state index contributed by atoms with van der Waals surface area (Å²) in [6, 6.07) is 6.04. The highest BCUT2D eigenvalue weighted by atomic mass is 16.5. The van der Waals surface area contributed by atoms with E-state index in [9.17, 15) is 0 Å². The van der Waals surface area contributed by atoms with Gasteiger partial charge >= 0.3 is 0 Å². The van der Waals surface area contributed by atoms with E-state index in [1.54, 1.807) is 7.11 Å². The lowest BCUT2D eigenvalue weighted by Crippen LogP contribution is -2.62. The van der Waals surface area contributed by atoms with Gasteiger partial charge in [0.25, 0.3) is 0 Å². The molecule has 0 aromatic carbocycles. The number of hydrogen-bond acceptors (Lipinski definition) is 5. The molecule has 4 rings (SSSR count). The Balaban J connectivity index is 1.59. The van der Waals surface area contributed by atoms with Crippen molar-refractivity contribution in [3.05, 3.63) is 35.9 Å². The molecular formula is C20H29N5O. The van der Waals surface area contributed by atoms with Gasteiger partial charge < -0.3 is 9.64 Å². The third-order valence-corrected chi connectivity index (χ3v) is 6.16. The van der Waals surface area contributed by atoms with Crippen LogP contribution in [0.15, 0.2) is 24.4 Å². The Kier molecular flexibility index (Phi) is 4.69. The average molecular weight is 355 g/mol. The minimum Gasteiger partial charge on any atom is -0.375 e.